The molecule has 0 heterocycles. The van der Waals surface area contributed by atoms with Crippen molar-refractivity contribution in [2.45, 2.75) is 19.8 Å². The van der Waals surface area contributed by atoms with Gasteiger partial charge in [0.05, 0.1) is 13.2 Å². The molecule has 2 N–H and O–H groups in total. The van der Waals surface area contributed by atoms with Crippen LogP contribution in [-0.4, -0.2) is 48.7 Å². The first-order valence-electron chi connectivity index (χ1n) is 5.36. The summed E-state index contributed by atoms with van der Waals surface area (Å²) in [5.74, 6) is 0.835. The lowest BCUT2D eigenvalue weighted by Gasteiger charge is -2.19. The zero-order valence-electron chi connectivity index (χ0n) is 8.83. The number of carbonyl (C=O) groups is 1. The lowest BCUT2D eigenvalue weighted by Crippen LogP contribution is -2.39. The number of likely N-dealkylation sites (N-methyl/N-ethyl adjacent to an activating group) is 1. The van der Waals surface area contributed by atoms with E-state index in [0.717, 1.165) is 19.0 Å². The summed E-state index contributed by atoms with van der Waals surface area (Å²) in [6.45, 7) is 4.88. The van der Waals surface area contributed by atoms with Crippen LogP contribution in [0.5, 0.6) is 0 Å². The third-order valence-corrected chi connectivity index (χ3v) is 2.46. The number of nitrogens with zero attached hydrogens (tertiary/aromatic N) is 1. The fourth-order valence-corrected chi connectivity index (χ4v) is 1.43. The van der Waals surface area contributed by atoms with Gasteiger partial charge in [-0.3, -0.25) is 9.69 Å². The fraction of sp³-hybridized carbons (Fsp3) is 0.900. The molecular weight excluding hydrogens is 180 g/mol. The highest BCUT2D eigenvalue weighted by atomic mass is 16.3. The molecule has 0 saturated heterocycles. The Balaban J connectivity index is 2.13. The average Bonchev–Trinajstić information content (AvgIpc) is 2.97. The van der Waals surface area contributed by atoms with Crippen LogP contribution in [0, 0.1) is 5.92 Å². The summed E-state index contributed by atoms with van der Waals surface area (Å²) in [5, 5.41) is 11.2. The molecule has 4 heteroatoms. The SMILES string of the molecule is CCN(CC(=O)NCCO)CC1CC1. The number of rotatable bonds is 7. The van der Waals surface area contributed by atoms with E-state index in [-0.39, 0.29) is 12.5 Å². The number of aliphatic hydroxyl groups is 1. The maximum atomic E-state index is 11.3. The summed E-state index contributed by atoms with van der Waals surface area (Å²) in [6.07, 6.45) is 2.63. The van der Waals surface area contributed by atoms with Gasteiger partial charge in [0.15, 0.2) is 0 Å². The molecular formula is C10H20N2O2. The molecule has 1 amide bonds. The highest BCUT2D eigenvalue weighted by Crippen LogP contribution is 2.29. The van der Waals surface area contributed by atoms with Gasteiger partial charge in [0.25, 0.3) is 0 Å². The lowest BCUT2D eigenvalue weighted by molar-refractivity contribution is -0.122. The van der Waals surface area contributed by atoms with Crippen LogP contribution in [0.25, 0.3) is 0 Å². The van der Waals surface area contributed by atoms with Crippen molar-refractivity contribution < 1.29 is 9.90 Å². The maximum Gasteiger partial charge on any atom is 0.234 e. The molecule has 0 aromatic rings. The second kappa shape index (κ2) is 5.98. The van der Waals surface area contributed by atoms with Crippen molar-refractivity contribution in [2.75, 3.05) is 32.8 Å². The molecule has 14 heavy (non-hydrogen) atoms. The molecule has 0 bridgehead atoms. The molecule has 82 valence electrons. The van der Waals surface area contributed by atoms with Crippen molar-refractivity contribution in [1.29, 1.82) is 0 Å². The van der Waals surface area contributed by atoms with Crippen LogP contribution in [0.4, 0.5) is 0 Å². The predicted octanol–water partition coefficient (Wildman–Crippen LogP) is -0.173. The van der Waals surface area contributed by atoms with Crippen molar-refractivity contribution in [2.24, 2.45) is 5.92 Å². The Morgan fingerprint density at radius 3 is 2.79 bits per heavy atom. The Morgan fingerprint density at radius 2 is 2.29 bits per heavy atom. The molecule has 1 fully saturated rings. The minimum absolute atomic E-state index is 0.0144. The zero-order valence-corrected chi connectivity index (χ0v) is 8.83. The molecule has 4 nitrogen and oxygen atoms in total. The molecule has 1 saturated carbocycles. The first-order chi connectivity index (χ1) is 6.76. The standard InChI is InChI=1S/C10H20N2O2/c1-2-12(7-9-3-4-9)8-10(14)11-5-6-13/h9,13H,2-8H2,1H3,(H,11,14). The summed E-state index contributed by atoms with van der Waals surface area (Å²) < 4.78 is 0. The molecule has 0 radical (unpaired) electrons. The number of hydrogen-bond acceptors (Lipinski definition) is 3. The van der Waals surface area contributed by atoms with Gasteiger partial charge in [-0.05, 0) is 25.3 Å². The largest absolute Gasteiger partial charge is 0.395 e. The van der Waals surface area contributed by atoms with Gasteiger partial charge in [0.2, 0.25) is 5.91 Å². The normalized spacial score (nSPS) is 15.9. The Labute approximate surface area is 85.3 Å². The number of carbonyl (C=O) groups excluding carboxylic acids is 1. The second-order valence-corrected chi connectivity index (χ2v) is 3.84. The molecule has 1 rings (SSSR count). The monoisotopic (exact) mass is 200 g/mol. The average molecular weight is 200 g/mol. The number of aliphatic hydroxyl groups excluding tert-OH is 1. The molecule has 0 atom stereocenters. The van der Waals surface area contributed by atoms with Crippen LogP contribution in [0.3, 0.4) is 0 Å². The van der Waals surface area contributed by atoms with Crippen molar-refractivity contribution >= 4 is 5.91 Å². The van der Waals surface area contributed by atoms with E-state index in [0.29, 0.717) is 13.1 Å². The number of amides is 1. The van der Waals surface area contributed by atoms with Gasteiger partial charge in [0, 0.05) is 13.1 Å². The quantitative estimate of drug-likeness (QED) is 0.600. The molecule has 0 spiro atoms. The highest BCUT2D eigenvalue weighted by Gasteiger charge is 2.24. The Kier molecular flexibility index (Phi) is 4.90. The van der Waals surface area contributed by atoms with Crippen LogP contribution < -0.4 is 5.32 Å². The number of hydrogen-bond donors (Lipinski definition) is 2. The van der Waals surface area contributed by atoms with Gasteiger partial charge in [-0.2, -0.15) is 0 Å². The van der Waals surface area contributed by atoms with E-state index in [1.807, 2.05) is 0 Å². The summed E-state index contributed by atoms with van der Waals surface area (Å²) >= 11 is 0. The molecule has 0 aromatic carbocycles. The minimum atomic E-state index is 0.0144. The van der Waals surface area contributed by atoms with E-state index in [1.54, 1.807) is 0 Å². The predicted molar refractivity (Wildman–Crippen MR) is 54.9 cm³/mol. The van der Waals surface area contributed by atoms with Gasteiger partial charge in [-0.1, -0.05) is 6.92 Å². The molecule has 0 unspecified atom stereocenters. The molecule has 1 aliphatic carbocycles. The first kappa shape index (κ1) is 11.5. The van der Waals surface area contributed by atoms with Gasteiger partial charge in [0.1, 0.15) is 0 Å². The molecule has 0 aromatic heterocycles. The van der Waals surface area contributed by atoms with E-state index in [9.17, 15) is 4.79 Å². The lowest BCUT2D eigenvalue weighted by atomic mass is 10.3. The summed E-state index contributed by atoms with van der Waals surface area (Å²) in [5.41, 5.74) is 0. The van der Waals surface area contributed by atoms with Crippen molar-refractivity contribution in [3.8, 4) is 0 Å². The smallest absolute Gasteiger partial charge is 0.234 e. The van der Waals surface area contributed by atoms with E-state index >= 15 is 0 Å². The van der Waals surface area contributed by atoms with Crippen LogP contribution in [-0.2, 0) is 4.79 Å². The third-order valence-electron chi connectivity index (χ3n) is 2.46. The fourth-order valence-electron chi connectivity index (χ4n) is 1.43. The van der Waals surface area contributed by atoms with Crippen LogP contribution in [0.2, 0.25) is 0 Å². The van der Waals surface area contributed by atoms with Crippen LogP contribution in [0.15, 0.2) is 0 Å². The van der Waals surface area contributed by atoms with E-state index in [2.05, 4.69) is 17.1 Å². The second-order valence-electron chi connectivity index (χ2n) is 3.84. The van der Waals surface area contributed by atoms with Crippen molar-refractivity contribution in [1.82, 2.24) is 10.2 Å². The third kappa shape index (κ3) is 4.58. The van der Waals surface area contributed by atoms with Crippen molar-refractivity contribution in [3.05, 3.63) is 0 Å². The minimum Gasteiger partial charge on any atom is -0.395 e. The van der Waals surface area contributed by atoms with Crippen LogP contribution >= 0.6 is 0 Å². The zero-order chi connectivity index (χ0) is 10.4. The van der Waals surface area contributed by atoms with Gasteiger partial charge < -0.3 is 10.4 Å². The Bertz CT molecular complexity index is 181. The van der Waals surface area contributed by atoms with Gasteiger partial charge in [-0.15, -0.1) is 0 Å². The van der Waals surface area contributed by atoms with Crippen molar-refractivity contribution in [3.63, 3.8) is 0 Å². The Morgan fingerprint density at radius 1 is 1.57 bits per heavy atom. The van der Waals surface area contributed by atoms with Gasteiger partial charge >= 0.3 is 0 Å². The van der Waals surface area contributed by atoms with Gasteiger partial charge in [-0.25, -0.2) is 0 Å². The van der Waals surface area contributed by atoms with E-state index in [1.165, 1.54) is 12.8 Å². The van der Waals surface area contributed by atoms with E-state index < -0.39 is 0 Å². The number of nitrogens with one attached hydrogen (secondary N) is 1. The first-order valence-corrected chi connectivity index (χ1v) is 5.36. The van der Waals surface area contributed by atoms with E-state index in [4.69, 9.17) is 5.11 Å². The topological polar surface area (TPSA) is 52.6 Å². The molecule has 0 aliphatic heterocycles. The maximum absolute atomic E-state index is 11.3. The summed E-state index contributed by atoms with van der Waals surface area (Å²) in [4.78, 5) is 13.5. The van der Waals surface area contributed by atoms with Crippen LogP contribution in [0.1, 0.15) is 19.8 Å². The summed E-state index contributed by atoms with van der Waals surface area (Å²) in [7, 11) is 0. The Hall–Kier alpha value is -0.610. The summed E-state index contributed by atoms with van der Waals surface area (Å²) in [6, 6.07) is 0. The molecule has 1 aliphatic rings. The highest BCUT2D eigenvalue weighted by molar-refractivity contribution is 5.77.